The molecule has 0 aliphatic rings. The molecule has 0 radical (unpaired) electrons. The number of nitrogens with one attached hydrogen (secondary N) is 1. The predicted octanol–water partition coefficient (Wildman–Crippen LogP) is 4.47. The van der Waals surface area contributed by atoms with Crippen LogP contribution in [-0.2, 0) is 18.0 Å². The van der Waals surface area contributed by atoms with E-state index in [1.165, 1.54) is 0 Å². The fourth-order valence-electron chi connectivity index (χ4n) is 3.29. The largest absolute Gasteiger partial charge is 0.496 e. The Morgan fingerprint density at radius 2 is 1.55 bits per heavy atom. The second-order valence-corrected chi connectivity index (χ2v) is 6.98. The zero-order valence-corrected chi connectivity index (χ0v) is 17.2. The topological polar surface area (TPSA) is 65.4 Å². The van der Waals surface area contributed by atoms with Crippen molar-refractivity contribution in [3.63, 3.8) is 0 Å². The van der Waals surface area contributed by atoms with Gasteiger partial charge in [0.2, 0.25) is 0 Å². The molecule has 1 heterocycles. The monoisotopic (exact) mass is 413 g/mol. The van der Waals surface area contributed by atoms with E-state index in [1.54, 1.807) is 18.0 Å². The molecule has 0 saturated heterocycles. The van der Waals surface area contributed by atoms with Crippen LogP contribution < -0.4 is 10.2 Å². The van der Waals surface area contributed by atoms with Gasteiger partial charge in [-0.1, -0.05) is 72.8 Å². The van der Waals surface area contributed by atoms with Crippen molar-refractivity contribution >= 4 is 5.91 Å². The Balaban J connectivity index is 1.60. The molecule has 6 heteroatoms. The number of aromatic nitrogens is 2. The van der Waals surface area contributed by atoms with E-state index in [2.05, 4.69) is 5.48 Å². The van der Waals surface area contributed by atoms with Crippen LogP contribution in [0.15, 0.2) is 91.1 Å². The smallest absolute Gasteiger partial charge is 0.278 e. The second-order valence-electron chi connectivity index (χ2n) is 6.98. The van der Waals surface area contributed by atoms with Gasteiger partial charge in [0.05, 0.1) is 25.8 Å². The Labute approximate surface area is 181 Å². The number of carbonyl (C=O) groups excluding carboxylic acids is 1. The SMILES string of the molecule is COc1ccccc1-c1nn(Cc2ccccc2)cc1C(=O)NOCc1ccccc1. The lowest BCUT2D eigenvalue weighted by molar-refractivity contribution is 0.0234. The molecule has 31 heavy (non-hydrogen) atoms. The molecule has 0 saturated carbocycles. The highest BCUT2D eigenvalue weighted by atomic mass is 16.6. The van der Waals surface area contributed by atoms with Crippen LogP contribution in [0.5, 0.6) is 5.75 Å². The molecule has 6 nitrogen and oxygen atoms in total. The van der Waals surface area contributed by atoms with Crippen LogP contribution in [0.25, 0.3) is 11.3 Å². The van der Waals surface area contributed by atoms with Crippen LogP contribution in [0.1, 0.15) is 21.5 Å². The van der Waals surface area contributed by atoms with E-state index in [0.717, 1.165) is 16.7 Å². The summed E-state index contributed by atoms with van der Waals surface area (Å²) in [7, 11) is 1.60. The van der Waals surface area contributed by atoms with E-state index < -0.39 is 0 Å². The van der Waals surface area contributed by atoms with Crippen LogP contribution in [0.4, 0.5) is 0 Å². The van der Waals surface area contributed by atoms with Crippen LogP contribution >= 0.6 is 0 Å². The van der Waals surface area contributed by atoms with E-state index in [0.29, 0.717) is 23.6 Å². The van der Waals surface area contributed by atoms with Gasteiger partial charge >= 0.3 is 0 Å². The van der Waals surface area contributed by atoms with E-state index >= 15 is 0 Å². The molecule has 0 aliphatic carbocycles. The molecule has 0 unspecified atom stereocenters. The first kappa shape index (κ1) is 20.4. The first-order valence-electron chi connectivity index (χ1n) is 9.95. The Morgan fingerprint density at radius 1 is 0.903 bits per heavy atom. The van der Waals surface area contributed by atoms with Gasteiger partial charge in [0, 0.05) is 11.8 Å². The minimum absolute atomic E-state index is 0.273. The van der Waals surface area contributed by atoms with Crippen LogP contribution in [-0.4, -0.2) is 22.8 Å². The van der Waals surface area contributed by atoms with Gasteiger partial charge in [0.1, 0.15) is 11.4 Å². The minimum atomic E-state index is -0.365. The van der Waals surface area contributed by atoms with E-state index in [9.17, 15) is 4.79 Å². The molecular formula is C25H23N3O3. The first-order valence-corrected chi connectivity index (χ1v) is 9.95. The number of carbonyl (C=O) groups is 1. The molecule has 0 aliphatic heterocycles. The lowest BCUT2D eigenvalue weighted by Crippen LogP contribution is -2.23. The molecule has 0 atom stereocenters. The van der Waals surface area contributed by atoms with Gasteiger partial charge in [-0.2, -0.15) is 5.10 Å². The van der Waals surface area contributed by atoms with Gasteiger partial charge in [0.25, 0.3) is 5.91 Å². The maximum atomic E-state index is 13.0. The number of nitrogens with zero attached hydrogens (tertiary/aromatic N) is 2. The summed E-state index contributed by atoms with van der Waals surface area (Å²) < 4.78 is 7.24. The molecule has 4 rings (SSSR count). The van der Waals surface area contributed by atoms with Crippen LogP contribution in [0.2, 0.25) is 0 Å². The summed E-state index contributed by atoms with van der Waals surface area (Å²) >= 11 is 0. The summed E-state index contributed by atoms with van der Waals surface area (Å²) in [5.74, 6) is 0.280. The fourth-order valence-corrected chi connectivity index (χ4v) is 3.29. The maximum absolute atomic E-state index is 13.0. The number of methoxy groups -OCH3 is 1. The third kappa shape index (κ3) is 4.99. The average molecular weight is 413 g/mol. The highest BCUT2D eigenvalue weighted by Crippen LogP contribution is 2.31. The number of benzene rings is 3. The first-order chi connectivity index (χ1) is 15.2. The standard InChI is InChI=1S/C25H23N3O3/c1-30-23-15-9-8-14-21(23)24-22(17-28(26-24)16-19-10-4-2-5-11-19)25(29)27-31-18-20-12-6-3-7-13-20/h2-15,17H,16,18H2,1H3,(H,27,29). The van der Waals surface area contributed by atoms with Crippen molar-refractivity contribution in [3.8, 4) is 17.0 Å². The molecule has 1 N–H and O–H groups in total. The van der Waals surface area contributed by atoms with Crippen molar-refractivity contribution in [3.05, 3.63) is 108 Å². The zero-order chi connectivity index (χ0) is 21.5. The van der Waals surface area contributed by atoms with Crippen molar-refractivity contribution < 1.29 is 14.4 Å². The fraction of sp³-hybridized carbons (Fsp3) is 0.120. The molecule has 0 fully saturated rings. The van der Waals surface area contributed by atoms with Crippen molar-refractivity contribution in [2.75, 3.05) is 7.11 Å². The molecule has 1 aromatic heterocycles. The van der Waals surface area contributed by atoms with Gasteiger partial charge in [-0.3, -0.25) is 14.3 Å². The molecule has 1 amide bonds. The molecule has 3 aromatic carbocycles. The van der Waals surface area contributed by atoms with Crippen LogP contribution in [0.3, 0.4) is 0 Å². The Hall–Kier alpha value is -3.90. The Bertz CT molecular complexity index is 1140. The Kier molecular flexibility index (Phi) is 6.40. The highest BCUT2D eigenvalue weighted by molar-refractivity contribution is 5.99. The van der Waals surface area contributed by atoms with Gasteiger partial charge in [-0.05, 0) is 23.3 Å². The average Bonchev–Trinajstić information content (AvgIpc) is 3.24. The summed E-state index contributed by atoms with van der Waals surface area (Å²) in [5.41, 5.74) is 6.28. The summed E-state index contributed by atoms with van der Waals surface area (Å²) in [6.45, 7) is 0.815. The molecular weight excluding hydrogens is 390 g/mol. The van der Waals surface area contributed by atoms with Gasteiger partial charge in [-0.25, -0.2) is 5.48 Å². The summed E-state index contributed by atoms with van der Waals surface area (Å²) in [6.07, 6.45) is 1.73. The normalized spacial score (nSPS) is 10.6. The summed E-state index contributed by atoms with van der Waals surface area (Å²) in [5, 5.41) is 4.69. The lowest BCUT2D eigenvalue weighted by Gasteiger charge is -2.08. The quantitative estimate of drug-likeness (QED) is 0.433. The van der Waals surface area contributed by atoms with Crippen molar-refractivity contribution in [2.45, 2.75) is 13.2 Å². The zero-order valence-electron chi connectivity index (χ0n) is 17.2. The van der Waals surface area contributed by atoms with E-state index in [1.807, 2.05) is 84.9 Å². The van der Waals surface area contributed by atoms with Gasteiger partial charge in [0.15, 0.2) is 0 Å². The second kappa shape index (κ2) is 9.73. The lowest BCUT2D eigenvalue weighted by atomic mass is 10.1. The number of ether oxygens (including phenoxy) is 1. The molecule has 0 spiro atoms. The number of hydrogen-bond donors (Lipinski definition) is 1. The van der Waals surface area contributed by atoms with Gasteiger partial charge < -0.3 is 4.74 Å². The number of para-hydroxylation sites is 1. The van der Waals surface area contributed by atoms with Crippen molar-refractivity contribution in [2.24, 2.45) is 0 Å². The molecule has 156 valence electrons. The maximum Gasteiger partial charge on any atom is 0.278 e. The van der Waals surface area contributed by atoms with Gasteiger partial charge in [-0.15, -0.1) is 0 Å². The van der Waals surface area contributed by atoms with Crippen molar-refractivity contribution in [1.82, 2.24) is 15.3 Å². The predicted molar refractivity (Wildman–Crippen MR) is 118 cm³/mol. The third-order valence-corrected chi connectivity index (χ3v) is 4.80. The third-order valence-electron chi connectivity index (χ3n) is 4.80. The van der Waals surface area contributed by atoms with E-state index in [-0.39, 0.29) is 12.5 Å². The minimum Gasteiger partial charge on any atom is -0.496 e. The summed E-state index contributed by atoms with van der Waals surface area (Å²) in [6, 6.07) is 27.1. The number of hydroxylamine groups is 1. The van der Waals surface area contributed by atoms with Crippen LogP contribution in [0, 0.1) is 0 Å². The molecule has 4 aromatic rings. The highest BCUT2D eigenvalue weighted by Gasteiger charge is 2.21. The Morgan fingerprint density at radius 3 is 2.26 bits per heavy atom. The van der Waals surface area contributed by atoms with E-state index in [4.69, 9.17) is 14.7 Å². The molecule has 0 bridgehead atoms. The number of rotatable bonds is 8. The number of hydrogen-bond acceptors (Lipinski definition) is 4. The van der Waals surface area contributed by atoms with Crippen molar-refractivity contribution in [1.29, 1.82) is 0 Å². The number of amides is 1. The summed E-state index contributed by atoms with van der Waals surface area (Å²) in [4.78, 5) is 18.4.